The number of nitrogens with zero attached hydrogens (tertiary/aromatic N) is 1. The van der Waals surface area contributed by atoms with Crippen molar-refractivity contribution in [2.45, 2.75) is 20.8 Å². The Bertz CT molecular complexity index is 234. The maximum atomic E-state index is 7.32. The molecule has 0 saturated carbocycles. The molecule has 0 bridgehead atoms. The highest BCUT2D eigenvalue weighted by Crippen LogP contribution is 2.08. The van der Waals surface area contributed by atoms with Crippen LogP contribution < -0.4 is 5.73 Å². The molecule has 1 aromatic carbocycles. The normalized spacial score (nSPS) is 7.83. The highest BCUT2D eigenvalue weighted by Gasteiger charge is 1.87. The van der Waals surface area contributed by atoms with Gasteiger partial charge in [0.1, 0.15) is 0 Å². The van der Waals surface area contributed by atoms with E-state index in [2.05, 4.69) is 6.07 Å². The zero-order valence-corrected chi connectivity index (χ0v) is 7.76. The van der Waals surface area contributed by atoms with Crippen LogP contribution in [0.4, 0.5) is 5.69 Å². The molecule has 0 aromatic heterocycles. The molecule has 2 nitrogen and oxygen atoms in total. The molecule has 2 heteroatoms. The van der Waals surface area contributed by atoms with Crippen LogP contribution in [0.3, 0.4) is 0 Å². The number of rotatable bonds is 0. The van der Waals surface area contributed by atoms with E-state index in [0.29, 0.717) is 0 Å². The first-order valence-corrected chi connectivity index (χ1v) is 3.74. The molecule has 0 aliphatic carbocycles. The van der Waals surface area contributed by atoms with E-state index in [4.69, 9.17) is 11.0 Å². The second kappa shape index (κ2) is 5.20. The van der Waals surface area contributed by atoms with Crippen LogP contribution in [0.15, 0.2) is 18.2 Å². The highest BCUT2D eigenvalue weighted by atomic mass is 14.5. The van der Waals surface area contributed by atoms with E-state index in [1.54, 1.807) is 6.07 Å². The van der Waals surface area contributed by atoms with Crippen LogP contribution in [-0.4, -0.2) is 0 Å². The van der Waals surface area contributed by atoms with Gasteiger partial charge in [-0.05, 0) is 37.1 Å². The quantitative estimate of drug-likeness (QED) is 0.595. The first-order valence-electron chi connectivity index (χ1n) is 3.74. The van der Waals surface area contributed by atoms with Gasteiger partial charge in [-0.15, -0.1) is 0 Å². The highest BCUT2D eigenvalue weighted by molar-refractivity contribution is 5.43. The van der Waals surface area contributed by atoms with Crippen molar-refractivity contribution in [3.63, 3.8) is 0 Å². The SMILES string of the molecule is CC#N.Cc1cc(C)cc(N)c1. The number of nitrogens with two attached hydrogens (primary N) is 1. The lowest BCUT2D eigenvalue weighted by Crippen LogP contribution is -1.86. The summed E-state index contributed by atoms with van der Waals surface area (Å²) in [4.78, 5) is 0. The molecule has 0 saturated heterocycles. The van der Waals surface area contributed by atoms with E-state index in [9.17, 15) is 0 Å². The molecule has 0 unspecified atom stereocenters. The molecule has 0 aliphatic heterocycles. The smallest absolute Gasteiger partial charge is 0.0587 e. The predicted molar refractivity (Wildman–Crippen MR) is 51.6 cm³/mol. The van der Waals surface area contributed by atoms with Gasteiger partial charge >= 0.3 is 0 Å². The Morgan fingerprint density at radius 2 is 1.50 bits per heavy atom. The van der Waals surface area contributed by atoms with E-state index in [1.165, 1.54) is 18.1 Å². The molecule has 1 rings (SSSR count). The third kappa shape index (κ3) is 4.35. The van der Waals surface area contributed by atoms with E-state index >= 15 is 0 Å². The van der Waals surface area contributed by atoms with Gasteiger partial charge in [-0.25, -0.2) is 0 Å². The average Bonchev–Trinajstić information content (AvgIpc) is 1.84. The third-order valence-corrected chi connectivity index (χ3v) is 1.24. The third-order valence-electron chi connectivity index (χ3n) is 1.24. The van der Waals surface area contributed by atoms with Gasteiger partial charge in [-0.1, -0.05) is 6.07 Å². The van der Waals surface area contributed by atoms with E-state index < -0.39 is 0 Å². The van der Waals surface area contributed by atoms with Crippen molar-refractivity contribution < 1.29 is 0 Å². The Hall–Kier alpha value is -1.49. The number of nitrogen functional groups attached to an aromatic ring is 1. The molecule has 0 atom stereocenters. The van der Waals surface area contributed by atoms with Crippen LogP contribution >= 0.6 is 0 Å². The van der Waals surface area contributed by atoms with Crippen LogP contribution in [0, 0.1) is 25.2 Å². The fourth-order valence-electron chi connectivity index (χ4n) is 1.01. The molecule has 1 aromatic rings. The van der Waals surface area contributed by atoms with Crippen molar-refractivity contribution in [3.05, 3.63) is 29.3 Å². The summed E-state index contributed by atoms with van der Waals surface area (Å²) in [5, 5.41) is 7.32. The fourth-order valence-corrected chi connectivity index (χ4v) is 1.01. The molecule has 0 amide bonds. The summed E-state index contributed by atoms with van der Waals surface area (Å²) < 4.78 is 0. The van der Waals surface area contributed by atoms with Crippen molar-refractivity contribution in [3.8, 4) is 6.07 Å². The van der Waals surface area contributed by atoms with E-state index in [-0.39, 0.29) is 0 Å². The zero-order chi connectivity index (χ0) is 9.56. The molecule has 12 heavy (non-hydrogen) atoms. The fraction of sp³-hybridized carbons (Fsp3) is 0.300. The molecular weight excluding hydrogens is 148 g/mol. The molecule has 0 spiro atoms. The molecule has 0 aliphatic rings. The van der Waals surface area contributed by atoms with Gasteiger partial charge in [0.05, 0.1) is 6.07 Å². The summed E-state index contributed by atoms with van der Waals surface area (Å²) in [7, 11) is 0. The molecule has 0 radical (unpaired) electrons. The topological polar surface area (TPSA) is 49.8 Å². The number of hydrogen-bond acceptors (Lipinski definition) is 2. The standard InChI is InChI=1S/C8H11N.C2H3N/c1-6-3-7(2)5-8(9)4-6;1-2-3/h3-5H,9H2,1-2H3;1H3. The van der Waals surface area contributed by atoms with Crippen molar-refractivity contribution in [1.29, 1.82) is 5.26 Å². The van der Waals surface area contributed by atoms with E-state index in [1.807, 2.05) is 26.0 Å². The first kappa shape index (κ1) is 10.5. The van der Waals surface area contributed by atoms with Crippen LogP contribution in [0.25, 0.3) is 0 Å². The van der Waals surface area contributed by atoms with Crippen LogP contribution in [0.2, 0.25) is 0 Å². The van der Waals surface area contributed by atoms with Crippen LogP contribution in [0.1, 0.15) is 18.1 Å². The number of benzene rings is 1. The van der Waals surface area contributed by atoms with Crippen molar-refractivity contribution >= 4 is 5.69 Å². The van der Waals surface area contributed by atoms with Crippen LogP contribution in [0.5, 0.6) is 0 Å². The van der Waals surface area contributed by atoms with Crippen molar-refractivity contribution in [2.24, 2.45) is 0 Å². The minimum absolute atomic E-state index is 0.854. The number of hydrogen-bond donors (Lipinski definition) is 1. The molecular formula is C10H14N2. The summed E-state index contributed by atoms with van der Waals surface area (Å²) >= 11 is 0. The van der Waals surface area contributed by atoms with Gasteiger partial charge in [-0.3, -0.25) is 0 Å². The largest absolute Gasteiger partial charge is 0.399 e. The van der Waals surface area contributed by atoms with Gasteiger partial charge in [0.25, 0.3) is 0 Å². The Labute approximate surface area is 73.6 Å². The Kier molecular flexibility index (Phi) is 4.55. The van der Waals surface area contributed by atoms with Crippen molar-refractivity contribution in [2.75, 3.05) is 5.73 Å². The summed E-state index contributed by atoms with van der Waals surface area (Å²) in [5.74, 6) is 0. The summed E-state index contributed by atoms with van der Waals surface area (Å²) in [6, 6.07) is 7.79. The summed E-state index contributed by atoms with van der Waals surface area (Å²) in [6.07, 6.45) is 0. The monoisotopic (exact) mass is 162 g/mol. The molecule has 0 fully saturated rings. The Morgan fingerprint density at radius 3 is 1.75 bits per heavy atom. The minimum Gasteiger partial charge on any atom is -0.399 e. The van der Waals surface area contributed by atoms with Gasteiger partial charge in [0.15, 0.2) is 0 Å². The number of nitriles is 1. The zero-order valence-electron chi connectivity index (χ0n) is 7.76. The second-order valence-electron chi connectivity index (χ2n) is 2.64. The average molecular weight is 162 g/mol. The van der Waals surface area contributed by atoms with Crippen LogP contribution in [-0.2, 0) is 0 Å². The molecule has 2 N–H and O–H groups in total. The maximum absolute atomic E-state index is 7.32. The van der Waals surface area contributed by atoms with Gasteiger partial charge < -0.3 is 5.73 Å². The lowest BCUT2D eigenvalue weighted by atomic mass is 10.1. The second-order valence-corrected chi connectivity index (χ2v) is 2.64. The number of aryl methyl sites for hydroxylation is 2. The molecule has 0 heterocycles. The van der Waals surface area contributed by atoms with E-state index in [0.717, 1.165) is 5.69 Å². The Balaban J connectivity index is 0.000000354. The lowest BCUT2D eigenvalue weighted by Gasteiger charge is -1.97. The van der Waals surface area contributed by atoms with Gasteiger partial charge in [-0.2, -0.15) is 5.26 Å². The first-order chi connectivity index (χ1) is 5.60. The maximum Gasteiger partial charge on any atom is 0.0587 e. The summed E-state index contributed by atoms with van der Waals surface area (Å²) in [6.45, 7) is 5.52. The number of anilines is 1. The van der Waals surface area contributed by atoms with Gasteiger partial charge in [0.2, 0.25) is 0 Å². The Morgan fingerprint density at radius 1 is 1.17 bits per heavy atom. The van der Waals surface area contributed by atoms with Crippen molar-refractivity contribution in [1.82, 2.24) is 0 Å². The predicted octanol–water partition coefficient (Wildman–Crippen LogP) is 2.42. The lowest BCUT2D eigenvalue weighted by molar-refractivity contribution is 1.39. The summed E-state index contributed by atoms with van der Waals surface area (Å²) in [5.41, 5.74) is 8.87. The molecule has 64 valence electrons. The minimum atomic E-state index is 0.854. The van der Waals surface area contributed by atoms with Gasteiger partial charge in [0, 0.05) is 12.6 Å².